The third-order valence-electron chi connectivity index (χ3n) is 6.39. The van der Waals surface area contributed by atoms with Gasteiger partial charge in [0.05, 0.1) is 25.0 Å². The molecule has 4 rings (SSSR count). The number of carbonyl (C=O) groups is 2. The summed E-state index contributed by atoms with van der Waals surface area (Å²) in [4.78, 5) is 36.7. The van der Waals surface area contributed by atoms with Crippen LogP contribution in [0.2, 0.25) is 0 Å². The summed E-state index contributed by atoms with van der Waals surface area (Å²) in [5.41, 5.74) is 6.20. The molecule has 1 atom stereocenters. The smallest absolute Gasteiger partial charge is 0.407 e. The summed E-state index contributed by atoms with van der Waals surface area (Å²) in [5, 5.41) is 2.44. The molecule has 0 saturated carbocycles. The van der Waals surface area contributed by atoms with Gasteiger partial charge in [-0.15, -0.1) is 0 Å². The van der Waals surface area contributed by atoms with Crippen molar-refractivity contribution in [2.24, 2.45) is 0 Å². The van der Waals surface area contributed by atoms with Crippen LogP contribution >= 0.6 is 0 Å². The summed E-state index contributed by atoms with van der Waals surface area (Å²) >= 11 is 0. The molecule has 182 valence electrons. The molecule has 2 amide bonds. The zero-order valence-electron chi connectivity index (χ0n) is 20.0. The van der Waals surface area contributed by atoms with Crippen LogP contribution in [0.5, 0.6) is 0 Å². The summed E-state index contributed by atoms with van der Waals surface area (Å²) in [6.45, 7) is 8.90. The molecule has 3 N–H and O–H groups in total. The Morgan fingerprint density at radius 1 is 1.26 bits per heavy atom. The van der Waals surface area contributed by atoms with Gasteiger partial charge in [0.2, 0.25) is 5.91 Å². The van der Waals surface area contributed by atoms with Gasteiger partial charge in [0.1, 0.15) is 12.4 Å². The molecular weight excluding hydrogens is 442 g/mol. The maximum Gasteiger partial charge on any atom is 0.407 e. The molecular formula is C27H31N5O3. The number of nitrogens with zero attached hydrogens (tertiary/aromatic N) is 2. The molecule has 2 aliphatic rings. The Morgan fingerprint density at radius 2 is 2.09 bits per heavy atom. The van der Waals surface area contributed by atoms with Gasteiger partial charge in [0.25, 0.3) is 0 Å². The van der Waals surface area contributed by atoms with E-state index in [1.54, 1.807) is 11.1 Å². The highest BCUT2D eigenvalue weighted by Crippen LogP contribution is 2.32. The van der Waals surface area contributed by atoms with Gasteiger partial charge in [0.15, 0.2) is 0 Å². The van der Waals surface area contributed by atoms with E-state index in [1.807, 2.05) is 24.4 Å². The van der Waals surface area contributed by atoms with Gasteiger partial charge in [-0.2, -0.15) is 0 Å². The van der Waals surface area contributed by atoms with E-state index in [-0.39, 0.29) is 18.5 Å². The normalized spacial score (nSPS) is 17.7. The molecule has 35 heavy (non-hydrogen) atoms. The molecule has 2 aromatic heterocycles. The number of likely N-dealkylation sites (tertiary alicyclic amines) is 1. The lowest BCUT2D eigenvalue weighted by molar-refractivity contribution is -0.131. The molecule has 2 aromatic rings. The van der Waals surface area contributed by atoms with Gasteiger partial charge in [-0.3, -0.25) is 4.79 Å². The van der Waals surface area contributed by atoms with Crippen LogP contribution in [0.1, 0.15) is 48.9 Å². The molecule has 3 heterocycles. The summed E-state index contributed by atoms with van der Waals surface area (Å²) < 4.78 is 4.53. The van der Waals surface area contributed by atoms with Gasteiger partial charge in [-0.05, 0) is 60.1 Å². The van der Waals surface area contributed by atoms with Crippen molar-refractivity contribution >= 4 is 23.1 Å². The lowest BCUT2D eigenvalue weighted by Crippen LogP contribution is -2.40. The van der Waals surface area contributed by atoms with E-state index in [2.05, 4.69) is 56.4 Å². The summed E-state index contributed by atoms with van der Waals surface area (Å²) in [7, 11) is 1.27. The van der Waals surface area contributed by atoms with E-state index in [9.17, 15) is 9.59 Å². The molecule has 1 unspecified atom stereocenters. The highest BCUT2D eigenvalue weighted by atomic mass is 16.5. The Bertz CT molecular complexity index is 1200. The zero-order chi connectivity index (χ0) is 24.8. The second kappa shape index (κ2) is 10.9. The van der Waals surface area contributed by atoms with Crippen molar-refractivity contribution in [2.45, 2.75) is 31.7 Å². The van der Waals surface area contributed by atoms with Crippen LogP contribution in [0.25, 0.3) is 11.1 Å². The van der Waals surface area contributed by atoms with E-state index in [0.717, 1.165) is 48.2 Å². The van der Waals surface area contributed by atoms with Crippen molar-refractivity contribution in [1.29, 1.82) is 0 Å². The topological polar surface area (TPSA) is 103 Å². The molecule has 0 radical (unpaired) electrons. The number of allylic oxidation sites excluding steroid dienone is 8. The monoisotopic (exact) mass is 473 g/mol. The number of hydrogen-bond donors (Lipinski definition) is 3. The highest BCUT2D eigenvalue weighted by Gasteiger charge is 2.32. The van der Waals surface area contributed by atoms with E-state index in [1.165, 1.54) is 18.3 Å². The summed E-state index contributed by atoms with van der Waals surface area (Å²) in [6.07, 6.45) is 14.8. The second-order valence-corrected chi connectivity index (χ2v) is 8.62. The van der Waals surface area contributed by atoms with Crippen LogP contribution in [0.4, 0.5) is 4.79 Å². The molecule has 8 heteroatoms. The maximum atomic E-state index is 12.6. The number of ether oxygens (including phenoxy) is 1. The minimum atomic E-state index is -0.625. The molecule has 0 aromatic carbocycles. The van der Waals surface area contributed by atoms with Crippen molar-refractivity contribution in [3.8, 4) is 0 Å². The lowest BCUT2D eigenvalue weighted by atomic mass is 9.92. The van der Waals surface area contributed by atoms with Crippen molar-refractivity contribution in [3.63, 3.8) is 0 Å². The first-order valence-electron chi connectivity index (χ1n) is 11.7. The van der Waals surface area contributed by atoms with Gasteiger partial charge >= 0.3 is 6.09 Å². The number of methoxy groups -OCH3 is 1. The number of nitrogens with one attached hydrogen (secondary N) is 3. The fourth-order valence-electron chi connectivity index (χ4n) is 4.40. The SMILES string of the molecule is C=C(/C=C\C(=C)c1cnc(C2CCCN2C(=O)CNC(=O)OC)[nH]1)C1=CC=C(c2ccc[nH]2)CC1. The van der Waals surface area contributed by atoms with Gasteiger partial charge < -0.3 is 24.9 Å². The van der Waals surface area contributed by atoms with E-state index in [4.69, 9.17) is 0 Å². The average Bonchev–Trinajstić information content (AvgIpc) is 3.66. The van der Waals surface area contributed by atoms with E-state index in [0.29, 0.717) is 12.4 Å². The van der Waals surface area contributed by atoms with Crippen molar-refractivity contribution in [3.05, 3.63) is 90.3 Å². The molecule has 8 nitrogen and oxygen atoms in total. The van der Waals surface area contributed by atoms with Crippen LogP contribution < -0.4 is 5.32 Å². The van der Waals surface area contributed by atoms with Crippen LogP contribution in [0.3, 0.4) is 0 Å². The predicted octanol–water partition coefficient (Wildman–Crippen LogP) is 4.69. The van der Waals surface area contributed by atoms with Crippen LogP contribution in [-0.4, -0.2) is 52.1 Å². The number of imidazole rings is 1. The summed E-state index contributed by atoms with van der Waals surface area (Å²) in [6, 6.07) is 3.94. The maximum absolute atomic E-state index is 12.6. The number of aromatic nitrogens is 3. The molecule has 1 aliphatic carbocycles. The van der Waals surface area contributed by atoms with Gasteiger partial charge in [-0.1, -0.05) is 37.5 Å². The second-order valence-electron chi connectivity index (χ2n) is 8.62. The standard InChI is InChI=1S/C27H31N5O3/c1-18(20-10-12-21(13-11-20)22-6-4-14-28-22)8-9-19(2)23-16-29-26(31-23)24-7-5-15-32(24)25(33)17-30-27(34)35-3/h4,6,8-10,12,14,16,24,28H,1-2,5,7,11,13,15,17H2,3H3,(H,29,31)(H,30,34)/b9-8-. The quantitative estimate of drug-likeness (QED) is 0.484. The zero-order valence-corrected chi connectivity index (χ0v) is 20.0. The Kier molecular flexibility index (Phi) is 7.50. The fourth-order valence-corrected chi connectivity index (χ4v) is 4.40. The van der Waals surface area contributed by atoms with Gasteiger partial charge in [0, 0.05) is 18.4 Å². The largest absolute Gasteiger partial charge is 0.453 e. The first-order valence-corrected chi connectivity index (χ1v) is 11.7. The number of rotatable bonds is 8. The first kappa shape index (κ1) is 24.1. The Morgan fingerprint density at radius 3 is 2.80 bits per heavy atom. The minimum absolute atomic E-state index is 0.105. The van der Waals surface area contributed by atoms with E-state index >= 15 is 0 Å². The minimum Gasteiger partial charge on any atom is -0.453 e. The molecule has 0 bridgehead atoms. The fraction of sp³-hybridized carbons (Fsp3) is 0.296. The number of hydrogen-bond acceptors (Lipinski definition) is 4. The number of alkyl carbamates (subject to hydrolysis) is 1. The van der Waals surface area contributed by atoms with Crippen molar-refractivity contribution in [1.82, 2.24) is 25.2 Å². The Balaban J connectivity index is 1.36. The van der Waals surface area contributed by atoms with Crippen molar-refractivity contribution < 1.29 is 14.3 Å². The predicted molar refractivity (Wildman–Crippen MR) is 136 cm³/mol. The molecule has 0 spiro atoms. The summed E-state index contributed by atoms with van der Waals surface area (Å²) in [5.74, 6) is 0.550. The third kappa shape index (κ3) is 5.71. The van der Waals surface area contributed by atoms with Crippen LogP contribution in [-0.2, 0) is 9.53 Å². The number of H-pyrrole nitrogens is 2. The molecule has 1 aliphatic heterocycles. The lowest BCUT2D eigenvalue weighted by Gasteiger charge is -2.23. The Labute approximate surface area is 205 Å². The Hall–Kier alpha value is -4.07. The first-order chi connectivity index (χ1) is 17.0. The number of aromatic amines is 2. The molecule has 1 saturated heterocycles. The van der Waals surface area contributed by atoms with Crippen molar-refractivity contribution in [2.75, 3.05) is 20.2 Å². The highest BCUT2D eigenvalue weighted by molar-refractivity contribution is 5.82. The number of amides is 2. The van der Waals surface area contributed by atoms with Crippen LogP contribution in [0.15, 0.2) is 73.1 Å². The van der Waals surface area contributed by atoms with Crippen LogP contribution in [0, 0.1) is 0 Å². The third-order valence-corrected chi connectivity index (χ3v) is 6.39. The number of carbonyl (C=O) groups excluding carboxylic acids is 2. The average molecular weight is 474 g/mol. The van der Waals surface area contributed by atoms with E-state index < -0.39 is 6.09 Å². The molecule has 1 fully saturated rings. The van der Waals surface area contributed by atoms with Gasteiger partial charge in [-0.25, -0.2) is 9.78 Å².